The number of benzene rings is 2. The minimum Gasteiger partial charge on any atom is -0.493 e. The highest BCUT2D eigenvalue weighted by atomic mass is 35.5. The molecule has 11 heteroatoms. The minimum atomic E-state index is -0.966. The van der Waals surface area contributed by atoms with Crippen molar-refractivity contribution in [1.29, 1.82) is 0 Å². The van der Waals surface area contributed by atoms with Crippen LogP contribution in [0.3, 0.4) is 0 Å². The van der Waals surface area contributed by atoms with Crippen molar-refractivity contribution >= 4 is 29.1 Å². The summed E-state index contributed by atoms with van der Waals surface area (Å²) in [6, 6.07) is 7.29. The maximum atomic E-state index is 12.5. The number of nitrogens with zero attached hydrogens (tertiary/aromatic N) is 1. The molecule has 0 saturated carbocycles. The van der Waals surface area contributed by atoms with Gasteiger partial charge in [-0.15, -0.1) is 0 Å². The quantitative estimate of drug-likeness (QED) is 0.553. The van der Waals surface area contributed by atoms with Gasteiger partial charge in [-0.25, -0.2) is 0 Å². The van der Waals surface area contributed by atoms with Crippen LogP contribution in [0.1, 0.15) is 20.7 Å². The van der Waals surface area contributed by atoms with E-state index in [2.05, 4.69) is 10.9 Å². The largest absolute Gasteiger partial charge is 0.493 e. The van der Waals surface area contributed by atoms with E-state index < -0.39 is 28.0 Å². The van der Waals surface area contributed by atoms with Crippen LogP contribution in [0.2, 0.25) is 5.02 Å². The zero-order valence-electron chi connectivity index (χ0n) is 15.1. The summed E-state index contributed by atoms with van der Waals surface area (Å²) in [5, 5.41) is 11.7. The van der Waals surface area contributed by atoms with E-state index in [0.29, 0.717) is 0 Å². The van der Waals surface area contributed by atoms with Gasteiger partial charge in [0.05, 0.1) is 36.8 Å². The molecule has 28 heavy (non-hydrogen) atoms. The highest BCUT2D eigenvalue weighted by molar-refractivity contribution is 6.33. The molecular formula is C17H16ClN3O7. The van der Waals surface area contributed by atoms with Gasteiger partial charge >= 0.3 is 5.69 Å². The molecule has 0 atom stereocenters. The highest BCUT2D eigenvalue weighted by Gasteiger charge is 2.32. The van der Waals surface area contributed by atoms with E-state index in [0.717, 1.165) is 6.07 Å². The second-order valence-corrected chi connectivity index (χ2v) is 5.59. The average molecular weight is 410 g/mol. The van der Waals surface area contributed by atoms with Crippen molar-refractivity contribution in [2.75, 3.05) is 21.3 Å². The summed E-state index contributed by atoms with van der Waals surface area (Å²) in [6.45, 7) is 0. The monoisotopic (exact) mass is 409 g/mol. The third-order valence-corrected chi connectivity index (χ3v) is 3.97. The first-order valence-corrected chi connectivity index (χ1v) is 8.06. The molecule has 148 valence electrons. The predicted molar refractivity (Wildman–Crippen MR) is 99.1 cm³/mol. The van der Waals surface area contributed by atoms with Gasteiger partial charge < -0.3 is 14.2 Å². The van der Waals surface area contributed by atoms with E-state index in [9.17, 15) is 19.7 Å². The Bertz CT molecular complexity index is 933. The van der Waals surface area contributed by atoms with Crippen LogP contribution in [-0.2, 0) is 0 Å². The highest BCUT2D eigenvalue weighted by Crippen LogP contribution is 2.46. The Morgan fingerprint density at radius 3 is 2.04 bits per heavy atom. The van der Waals surface area contributed by atoms with Crippen LogP contribution in [0.4, 0.5) is 5.69 Å². The van der Waals surface area contributed by atoms with Gasteiger partial charge in [0, 0.05) is 6.07 Å². The van der Waals surface area contributed by atoms with Crippen LogP contribution in [0.5, 0.6) is 17.2 Å². The molecular weight excluding hydrogens is 394 g/mol. The third kappa shape index (κ3) is 4.07. The predicted octanol–water partition coefficient (Wildman–Crippen LogP) is 2.35. The zero-order valence-corrected chi connectivity index (χ0v) is 15.8. The van der Waals surface area contributed by atoms with Crippen LogP contribution in [-0.4, -0.2) is 38.1 Å². The van der Waals surface area contributed by atoms with Gasteiger partial charge in [-0.2, -0.15) is 0 Å². The lowest BCUT2D eigenvalue weighted by molar-refractivity contribution is -0.386. The van der Waals surface area contributed by atoms with E-state index in [1.165, 1.54) is 33.5 Å². The second-order valence-electron chi connectivity index (χ2n) is 5.19. The van der Waals surface area contributed by atoms with Gasteiger partial charge in [0.2, 0.25) is 11.5 Å². The van der Waals surface area contributed by atoms with E-state index in [1.54, 1.807) is 12.1 Å². The summed E-state index contributed by atoms with van der Waals surface area (Å²) in [4.78, 5) is 35.4. The Morgan fingerprint density at radius 1 is 0.964 bits per heavy atom. The van der Waals surface area contributed by atoms with Crippen LogP contribution in [0.15, 0.2) is 30.3 Å². The summed E-state index contributed by atoms with van der Waals surface area (Å²) >= 11 is 5.92. The molecule has 2 amide bonds. The molecule has 0 fully saturated rings. The minimum absolute atomic E-state index is 0.0348. The smallest absolute Gasteiger partial charge is 0.327 e. The van der Waals surface area contributed by atoms with Crippen LogP contribution >= 0.6 is 11.6 Å². The molecule has 2 N–H and O–H groups in total. The number of ether oxygens (including phenoxy) is 3. The van der Waals surface area contributed by atoms with E-state index in [1.807, 2.05) is 0 Å². The first-order chi connectivity index (χ1) is 13.3. The van der Waals surface area contributed by atoms with Crippen molar-refractivity contribution < 1.29 is 28.7 Å². The number of carbonyl (C=O) groups is 2. The molecule has 0 bridgehead atoms. The molecule has 0 aliphatic carbocycles. The Hall–Kier alpha value is -3.53. The first-order valence-electron chi connectivity index (χ1n) is 7.68. The number of methoxy groups -OCH3 is 3. The number of hydrogen-bond acceptors (Lipinski definition) is 7. The maximum absolute atomic E-state index is 12.5. The van der Waals surface area contributed by atoms with Gasteiger partial charge in [-0.05, 0) is 12.1 Å². The van der Waals surface area contributed by atoms with Gasteiger partial charge in [0.25, 0.3) is 11.8 Å². The fourth-order valence-corrected chi connectivity index (χ4v) is 2.61. The van der Waals surface area contributed by atoms with E-state index in [-0.39, 0.29) is 27.8 Å². The summed E-state index contributed by atoms with van der Waals surface area (Å²) in [5.74, 6) is -1.98. The van der Waals surface area contributed by atoms with Crippen LogP contribution in [0.25, 0.3) is 0 Å². The van der Waals surface area contributed by atoms with Gasteiger partial charge in [0.15, 0.2) is 5.75 Å². The standard InChI is InChI=1S/C17H16ClN3O7/c1-26-12-8-10(13(21(24)25)15(28-3)14(12)27-2)17(23)20-19-16(22)9-6-4-5-7-11(9)18/h4-8H,1-3H3,(H,19,22)(H,20,23). The van der Waals surface area contributed by atoms with Crippen molar-refractivity contribution in [1.82, 2.24) is 10.9 Å². The Kier molecular flexibility index (Phi) is 6.61. The van der Waals surface area contributed by atoms with Gasteiger partial charge in [0.1, 0.15) is 5.56 Å². The van der Waals surface area contributed by atoms with Crippen molar-refractivity contribution in [3.63, 3.8) is 0 Å². The molecule has 10 nitrogen and oxygen atoms in total. The number of hydrazine groups is 1. The molecule has 0 radical (unpaired) electrons. The lowest BCUT2D eigenvalue weighted by Crippen LogP contribution is -2.42. The molecule has 0 heterocycles. The van der Waals surface area contributed by atoms with Crippen molar-refractivity contribution in [2.45, 2.75) is 0 Å². The van der Waals surface area contributed by atoms with Crippen LogP contribution in [0, 0.1) is 10.1 Å². The number of nitro groups is 1. The van der Waals surface area contributed by atoms with E-state index in [4.69, 9.17) is 25.8 Å². The molecule has 0 aliphatic heterocycles. The molecule has 0 saturated heterocycles. The number of nitro benzene ring substituents is 1. The summed E-state index contributed by atoms with van der Waals surface area (Å²) in [5.41, 5.74) is 3.32. The molecule has 2 rings (SSSR count). The average Bonchev–Trinajstić information content (AvgIpc) is 2.69. The lowest BCUT2D eigenvalue weighted by Gasteiger charge is -2.15. The summed E-state index contributed by atoms with van der Waals surface area (Å²) in [6.07, 6.45) is 0. The molecule has 2 aromatic carbocycles. The van der Waals surface area contributed by atoms with Crippen molar-refractivity contribution in [2.24, 2.45) is 0 Å². The zero-order chi connectivity index (χ0) is 20.8. The van der Waals surface area contributed by atoms with Crippen molar-refractivity contribution in [3.05, 3.63) is 56.6 Å². The number of carbonyl (C=O) groups excluding carboxylic acids is 2. The third-order valence-electron chi connectivity index (χ3n) is 3.64. The normalized spacial score (nSPS) is 10.0. The summed E-state index contributed by atoms with van der Waals surface area (Å²) < 4.78 is 15.2. The topological polar surface area (TPSA) is 129 Å². The maximum Gasteiger partial charge on any atom is 0.327 e. The first kappa shape index (κ1) is 20.8. The number of nitrogens with one attached hydrogen (secondary N) is 2. The second kappa shape index (κ2) is 8.91. The molecule has 0 unspecified atom stereocenters. The SMILES string of the molecule is COc1cc(C(=O)NNC(=O)c2ccccc2Cl)c([N+](=O)[O-])c(OC)c1OC. The Morgan fingerprint density at radius 2 is 1.54 bits per heavy atom. The lowest BCUT2D eigenvalue weighted by atomic mass is 10.1. The van der Waals surface area contributed by atoms with Gasteiger partial charge in [-0.1, -0.05) is 23.7 Å². The summed E-state index contributed by atoms with van der Waals surface area (Å²) in [7, 11) is 3.75. The molecule has 0 aromatic heterocycles. The molecule has 0 aliphatic rings. The number of halogens is 1. The number of amides is 2. The van der Waals surface area contributed by atoms with Crippen LogP contribution < -0.4 is 25.1 Å². The molecule has 2 aromatic rings. The Labute approximate surface area is 164 Å². The van der Waals surface area contributed by atoms with Gasteiger partial charge in [-0.3, -0.25) is 30.6 Å². The molecule has 0 spiro atoms. The Balaban J connectivity index is 2.38. The fraction of sp³-hybridized carbons (Fsp3) is 0.176. The number of rotatable bonds is 6. The number of hydrogen-bond donors (Lipinski definition) is 2. The van der Waals surface area contributed by atoms with Crippen molar-refractivity contribution in [3.8, 4) is 17.2 Å². The fourth-order valence-electron chi connectivity index (χ4n) is 2.39. The van der Waals surface area contributed by atoms with E-state index >= 15 is 0 Å².